The average molecular weight is 409 g/mol. The Kier molecular flexibility index (Phi) is 7.14. The van der Waals surface area contributed by atoms with Crippen molar-refractivity contribution < 1.29 is 9.53 Å². The Hall–Kier alpha value is -2.98. The molecule has 5 heteroatoms. The average Bonchev–Trinajstić information content (AvgIpc) is 2.72. The third-order valence-corrected chi connectivity index (χ3v) is 4.72. The van der Waals surface area contributed by atoms with Crippen molar-refractivity contribution in [3.63, 3.8) is 0 Å². The molecule has 0 radical (unpaired) electrons. The minimum Gasteiger partial charge on any atom is -0.489 e. The summed E-state index contributed by atoms with van der Waals surface area (Å²) in [6, 6.07) is 24.9. The fourth-order valence-corrected chi connectivity index (χ4v) is 3.07. The molecular formula is C24H25ClN2O2. The second-order valence-electron chi connectivity index (χ2n) is 7.08. The number of carbonyl (C=O) groups excluding carboxylic acids is 1. The van der Waals surface area contributed by atoms with Gasteiger partial charge in [0.2, 0.25) is 0 Å². The molecule has 0 aromatic heterocycles. The van der Waals surface area contributed by atoms with E-state index in [1.807, 2.05) is 80.6 Å². The number of hydrogen-bond acceptors (Lipinski definition) is 2. The zero-order valence-corrected chi connectivity index (χ0v) is 17.4. The Balaban J connectivity index is 1.60. The second-order valence-corrected chi connectivity index (χ2v) is 7.52. The zero-order chi connectivity index (χ0) is 20.6. The Morgan fingerprint density at radius 2 is 1.69 bits per heavy atom. The highest BCUT2D eigenvalue weighted by Gasteiger charge is 2.17. The van der Waals surface area contributed by atoms with Gasteiger partial charge in [-0.3, -0.25) is 0 Å². The van der Waals surface area contributed by atoms with Crippen LogP contribution >= 0.6 is 11.6 Å². The van der Waals surface area contributed by atoms with E-state index in [1.54, 1.807) is 17.0 Å². The number of rotatable bonds is 7. The van der Waals surface area contributed by atoms with Gasteiger partial charge in [0.1, 0.15) is 12.4 Å². The maximum absolute atomic E-state index is 12.7. The van der Waals surface area contributed by atoms with Crippen molar-refractivity contribution in [2.24, 2.45) is 0 Å². The van der Waals surface area contributed by atoms with E-state index in [-0.39, 0.29) is 12.1 Å². The van der Waals surface area contributed by atoms with Crippen molar-refractivity contribution in [1.82, 2.24) is 4.90 Å². The van der Waals surface area contributed by atoms with Crippen LogP contribution in [0.1, 0.15) is 25.0 Å². The van der Waals surface area contributed by atoms with Crippen LogP contribution in [0.15, 0.2) is 78.9 Å². The van der Waals surface area contributed by atoms with Gasteiger partial charge in [0, 0.05) is 23.3 Å². The van der Waals surface area contributed by atoms with Gasteiger partial charge < -0.3 is 15.0 Å². The molecule has 0 fully saturated rings. The van der Waals surface area contributed by atoms with Crippen molar-refractivity contribution in [3.8, 4) is 5.75 Å². The van der Waals surface area contributed by atoms with E-state index in [2.05, 4.69) is 5.32 Å². The lowest BCUT2D eigenvalue weighted by Gasteiger charge is -2.27. The maximum atomic E-state index is 12.7. The smallest absolute Gasteiger partial charge is 0.322 e. The summed E-state index contributed by atoms with van der Waals surface area (Å²) < 4.78 is 5.83. The van der Waals surface area contributed by atoms with Crippen LogP contribution in [0.4, 0.5) is 10.5 Å². The first-order valence-electron chi connectivity index (χ1n) is 9.60. The van der Waals surface area contributed by atoms with Crippen LogP contribution in [-0.2, 0) is 13.2 Å². The van der Waals surface area contributed by atoms with E-state index in [1.165, 1.54) is 0 Å². The lowest BCUT2D eigenvalue weighted by molar-refractivity contribution is 0.193. The summed E-state index contributed by atoms with van der Waals surface area (Å²) in [5.41, 5.74) is 2.84. The van der Waals surface area contributed by atoms with Crippen molar-refractivity contribution in [2.75, 3.05) is 5.32 Å². The molecule has 0 aliphatic heterocycles. The highest BCUT2D eigenvalue weighted by Crippen LogP contribution is 2.19. The number of hydrogen-bond donors (Lipinski definition) is 1. The predicted octanol–water partition coefficient (Wildman–Crippen LogP) is 6.36. The van der Waals surface area contributed by atoms with Crippen LogP contribution < -0.4 is 10.1 Å². The molecule has 0 spiro atoms. The fourth-order valence-electron chi connectivity index (χ4n) is 2.88. The zero-order valence-electron chi connectivity index (χ0n) is 16.6. The van der Waals surface area contributed by atoms with Gasteiger partial charge in [-0.25, -0.2) is 4.79 Å². The molecule has 3 aromatic rings. The fraction of sp³-hybridized carbons (Fsp3) is 0.208. The number of benzene rings is 3. The largest absolute Gasteiger partial charge is 0.489 e. The van der Waals surface area contributed by atoms with Crippen molar-refractivity contribution in [1.29, 1.82) is 0 Å². The Morgan fingerprint density at radius 1 is 0.966 bits per heavy atom. The van der Waals surface area contributed by atoms with Gasteiger partial charge in [-0.2, -0.15) is 0 Å². The Morgan fingerprint density at radius 3 is 2.34 bits per heavy atom. The summed E-state index contributed by atoms with van der Waals surface area (Å²) in [4.78, 5) is 14.5. The molecule has 0 bridgehead atoms. The summed E-state index contributed by atoms with van der Waals surface area (Å²) in [6.07, 6.45) is 0. The SMILES string of the molecule is CC(C)N(Cc1ccc(OCc2ccccc2)cc1)C(=O)Nc1cccc(Cl)c1. The molecular weight excluding hydrogens is 384 g/mol. The maximum Gasteiger partial charge on any atom is 0.322 e. The highest BCUT2D eigenvalue weighted by molar-refractivity contribution is 6.30. The van der Waals surface area contributed by atoms with Crippen LogP contribution in [0.2, 0.25) is 5.02 Å². The number of amides is 2. The summed E-state index contributed by atoms with van der Waals surface area (Å²) in [7, 11) is 0. The molecule has 0 heterocycles. The van der Waals surface area contributed by atoms with Gasteiger partial charge in [-0.1, -0.05) is 60.1 Å². The molecule has 4 nitrogen and oxygen atoms in total. The number of nitrogens with zero attached hydrogens (tertiary/aromatic N) is 1. The van der Waals surface area contributed by atoms with E-state index in [4.69, 9.17) is 16.3 Å². The number of anilines is 1. The first-order valence-corrected chi connectivity index (χ1v) is 9.98. The van der Waals surface area contributed by atoms with Crippen molar-refractivity contribution >= 4 is 23.3 Å². The number of ether oxygens (including phenoxy) is 1. The summed E-state index contributed by atoms with van der Waals surface area (Å²) in [6.45, 7) is 5.02. The van der Waals surface area contributed by atoms with Gasteiger partial charge in [-0.15, -0.1) is 0 Å². The minimum absolute atomic E-state index is 0.0446. The highest BCUT2D eigenvalue weighted by atomic mass is 35.5. The molecule has 3 aromatic carbocycles. The number of nitrogens with one attached hydrogen (secondary N) is 1. The van der Waals surface area contributed by atoms with Crippen LogP contribution in [0.5, 0.6) is 5.75 Å². The Bertz CT molecular complexity index is 927. The van der Waals surface area contributed by atoms with Crippen LogP contribution in [0, 0.1) is 0 Å². The summed E-state index contributed by atoms with van der Waals surface area (Å²) >= 11 is 6.00. The van der Waals surface area contributed by atoms with Gasteiger partial charge >= 0.3 is 6.03 Å². The molecule has 150 valence electrons. The van der Waals surface area contributed by atoms with Crippen LogP contribution in [0.3, 0.4) is 0 Å². The number of carbonyl (C=O) groups is 1. The molecule has 0 aliphatic rings. The van der Waals surface area contributed by atoms with Gasteiger partial charge in [0.05, 0.1) is 0 Å². The summed E-state index contributed by atoms with van der Waals surface area (Å²) in [5.74, 6) is 0.803. The van der Waals surface area contributed by atoms with Gasteiger partial charge in [0.25, 0.3) is 0 Å². The van der Waals surface area contributed by atoms with Crippen LogP contribution in [-0.4, -0.2) is 17.0 Å². The molecule has 29 heavy (non-hydrogen) atoms. The topological polar surface area (TPSA) is 41.6 Å². The molecule has 1 N–H and O–H groups in total. The molecule has 0 saturated heterocycles. The lowest BCUT2D eigenvalue weighted by Crippen LogP contribution is -2.39. The predicted molar refractivity (Wildman–Crippen MR) is 118 cm³/mol. The third-order valence-electron chi connectivity index (χ3n) is 4.48. The van der Waals surface area contributed by atoms with Crippen molar-refractivity contribution in [2.45, 2.75) is 33.0 Å². The van der Waals surface area contributed by atoms with E-state index in [9.17, 15) is 4.79 Å². The monoisotopic (exact) mass is 408 g/mol. The third kappa shape index (κ3) is 6.26. The quantitative estimate of drug-likeness (QED) is 0.494. The van der Waals surface area contributed by atoms with Crippen LogP contribution in [0.25, 0.3) is 0 Å². The Labute approximate surface area is 177 Å². The van der Waals surface area contributed by atoms with E-state index >= 15 is 0 Å². The standard InChI is InChI=1S/C24H25ClN2O2/c1-18(2)27(24(28)26-22-10-6-9-21(25)15-22)16-19-11-13-23(14-12-19)29-17-20-7-4-3-5-8-20/h3-15,18H,16-17H2,1-2H3,(H,26,28). The first-order chi connectivity index (χ1) is 14.0. The molecule has 0 saturated carbocycles. The molecule has 0 unspecified atom stereocenters. The number of halogens is 1. The minimum atomic E-state index is -0.160. The molecule has 0 aliphatic carbocycles. The van der Waals surface area contributed by atoms with Crippen molar-refractivity contribution in [3.05, 3.63) is 95.0 Å². The van der Waals surface area contributed by atoms with E-state index in [0.29, 0.717) is 23.9 Å². The summed E-state index contributed by atoms with van der Waals surface area (Å²) in [5, 5.41) is 3.50. The van der Waals surface area contributed by atoms with E-state index < -0.39 is 0 Å². The van der Waals surface area contributed by atoms with Gasteiger partial charge in [-0.05, 0) is 55.3 Å². The molecule has 0 atom stereocenters. The lowest BCUT2D eigenvalue weighted by atomic mass is 10.2. The number of urea groups is 1. The van der Waals surface area contributed by atoms with Gasteiger partial charge in [0.15, 0.2) is 0 Å². The van der Waals surface area contributed by atoms with E-state index in [0.717, 1.165) is 16.9 Å². The molecule has 2 amide bonds. The molecule has 3 rings (SSSR count). The second kappa shape index (κ2) is 9.99. The first kappa shape index (κ1) is 20.7. The normalized spacial score (nSPS) is 10.6.